The third-order valence-electron chi connectivity index (χ3n) is 1.30. The van der Waals surface area contributed by atoms with Crippen LogP contribution in [-0.2, 0) is 0 Å². The topological polar surface area (TPSA) is 22.1 Å². The molecule has 1 heterocycles. The molecule has 7 heteroatoms. The summed E-state index contributed by atoms with van der Waals surface area (Å²) in [6.07, 6.45) is -4.73. The molecule has 0 saturated heterocycles. The lowest BCUT2D eigenvalue weighted by Crippen LogP contribution is -2.17. The highest BCUT2D eigenvalue weighted by molar-refractivity contribution is 9.10. The molecule has 0 aliphatic rings. The Morgan fingerprint density at radius 3 is 2.57 bits per heavy atom. The fraction of sp³-hybridized carbons (Fsp3) is 0.286. The lowest BCUT2D eigenvalue weighted by Gasteiger charge is -2.10. The van der Waals surface area contributed by atoms with E-state index in [-0.39, 0.29) is 9.76 Å². The first kappa shape index (κ1) is 11.6. The van der Waals surface area contributed by atoms with Crippen LogP contribution < -0.4 is 4.74 Å². The quantitative estimate of drug-likeness (QED) is 0.736. The standard InChI is InChI=1S/C7H4BrClF3NO/c1-3-2-4(14-7(10,11)12)5(8)13-6(3)9/h2H,1H3. The Hall–Kier alpha value is -0.490. The van der Waals surface area contributed by atoms with Crippen molar-refractivity contribution in [1.82, 2.24) is 4.98 Å². The molecule has 1 aromatic rings. The van der Waals surface area contributed by atoms with Crippen LogP contribution in [-0.4, -0.2) is 11.3 Å². The second-order valence-electron chi connectivity index (χ2n) is 2.43. The highest BCUT2D eigenvalue weighted by Crippen LogP contribution is 2.31. The largest absolute Gasteiger partial charge is 0.573 e. The van der Waals surface area contributed by atoms with Crippen LogP contribution >= 0.6 is 27.5 Å². The van der Waals surface area contributed by atoms with E-state index in [1.54, 1.807) is 0 Å². The van der Waals surface area contributed by atoms with E-state index < -0.39 is 12.1 Å². The molecule has 0 N–H and O–H groups in total. The summed E-state index contributed by atoms with van der Waals surface area (Å²) in [5.41, 5.74) is 0.411. The van der Waals surface area contributed by atoms with Gasteiger partial charge in [0.25, 0.3) is 0 Å². The normalized spacial score (nSPS) is 11.6. The van der Waals surface area contributed by atoms with Crippen molar-refractivity contribution in [3.8, 4) is 5.75 Å². The molecular weight excluding hydrogens is 286 g/mol. The third-order valence-corrected chi connectivity index (χ3v) is 2.25. The van der Waals surface area contributed by atoms with Crippen molar-refractivity contribution >= 4 is 27.5 Å². The summed E-state index contributed by atoms with van der Waals surface area (Å²) in [4.78, 5) is 3.61. The van der Waals surface area contributed by atoms with Gasteiger partial charge in [-0.05, 0) is 34.5 Å². The van der Waals surface area contributed by atoms with Crippen LogP contribution in [0.1, 0.15) is 5.56 Å². The second-order valence-corrected chi connectivity index (χ2v) is 3.54. The fourth-order valence-corrected chi connectivity index (χ4v) is 1.36. The summed E-state index contributed by atoms with van der Waals surface area (Å²) in [5.74, 6) is -0.403. The summed E-state index contributed by atoms with van der Waals surface area (Å²) in [6.45, 7) is 1.53. The lowest BCUT2D eigenvalue weighted by molar-refractivity contribution is -0.275. The van der Waals surface area contributed by atoms with E-state index in [0.717, 1.165) is 6.07 Å². The van der Waals surface area contributed by atoms with Gasteiger partial charge in [-0.25, -0.2) is 4.98 Å². The van der Waals surface area contributed by atoms with Crippen molar-refractivity contribution in [3.05, 3.63) is 21.4 Å². The number of aromatic nitrogens is 1. The summed E-state index contributed by atoms with van der Waals surface area (Å²) in [5, 5.41) is 0.131. The molecule has 0 unspecified atom stereocenters. The van der Waals surface area contributed by atoms with E-state index in [4.69, 9.17) is 11.6 Å². The molecule has 0 aromatic carbocycles. The number of hydrogen-bond acceptors (Lipinski definition) is 2. The molecule has 0 amide bonds. The van der Waals surface area contributed by atoms with E-state index in [9.17, 15) is 13.2 Å². The van der Waals surface area contributed by atoms with Crippen molar-refractivity contribution in [2.75, 3.05) is 0 Å². The summed E-state index contributed by atoms with van der Waals surface area (Å²) >= 11 is 8.39. The van der Waals surface area contributed by atoms with E-state index >= 15 is 0 Å². The Labute approximate surface area is 91.2 Å². The smallest absolute Gasteiger partial charge is 0.403 e. The van der Waals surface area contributed by atoms with Crippen LogP contribution in [0.3, 0.4) is 0 Å². The molecule has 0 fully saturated rings. The summed E-state index contributed by atoms with van der Waals surface area (Å²) < 4.78 is 39.2. The number of hydrogen-bond donors (Lipinski definition) is 0. The molecule has 2 nitrogen and oxygen atoms in total. The van der Waals surface area contributed by atoms with Crippen LogP contribution in [0.4, 0.5) is 13.2 Å². The van der Waals surface area contributed by atoms with E-state index in [1.807, 2.05) is 0 Å². The maximum atomic E-state index is 11.8. The minimum absolute atomic E-state index is 0.0783. The molecule has 0 radical (unpaired) electrons. The fourth-order valence-electron chi connectivity index (χ4n) is 0.741. The maximum absolute atomic E-state index is 11.8. The molecule has 0 saturated carbocycles. The molecule has 0 aliphatic heterocycles. The Kier molecular flexibility index (Phi) is 3.26. The number of alkyl halides is 3. The first-order valence-corrected chi connectivity index (χ1v) is 4.55. The monoisotopic (exact) mass is 289 g/mol. The van der Waals surface area contributed by atoms with Crippen LogP contribution in [0.15, 0.2) is 10.7 Å². The molecule has 1 aromatic heterocycles. The number of pyridine rings is 1. The highest BCUT2D eigenvalue weighted by atomic mass is 79.9. The van der Waals surface area contributed by atoms with E-state index in [0.29, 0.717) is 5.56 Å². The Bertz CT molecular complexity index is 356. The minimum Gasteiger partial charge on any atom is -0.403 e. The van der Waals surface area contributed by atoms with Gasteiger partial charge in [-0.1, -0.05) is 11.6 Å². The zero-order valence-electron chi connectivity index (χ0n) is 6.82. The van der Waals surface area contributed by atoms with Crippen LogP contribution in [0.5, 0.6) is 5.75 Å². The van der Waals surface area contributed by atoms with Gasteiger partial charge in [0.15, 0.2) is 5.75 Å². The van der Waals surface area contributed by atoms with Crippen molar-refractivity contribution in [1.29, 1.82) is 0 Å². The average Bonchev–Trinajstić information content (AvgIpc) is 1.97. The first-order valence-electron chi connectivity index (χ1n) is 3.38. The average molecular weight is 290 g/mol. The van der Waals surface area contributed by atoms with Gasteiger partial charge < -0.3 is 4.74 Å². The molecule has 0 atom stereocenters. The molecule has 1 rings (SSSR count). The SMILES string of the molecule is Cc1cc(OC(F)(F)F)c(Br)nc1Cl. The summed E-state index contributed by atoms with van der Waals surface area (Å²) in [7, 11) is 0. The van der Waals surface area contributed by atoms with E-state index in [1.165, 1.54) is 6.92 Å². The van der Waals surface area contributed by atoms with Crippen molar-refractivity contribution in [3.63, 3.8) is 0 Å². The zero-order valence-corrected chi connectivity index (χ0v) is 9.16. The number of nitrogens with zero attached hydrogens (tertiary/aromatic N) is 1. The van der Waals surface area contributed by atoms with Gasteiger partial charge in [-0.2, -0.15) is 0 Å². The number of rotatable bonds is 1. The number of halogens is 5. The number of ether oxygens (including phenoxy) is 1. The van der Waals surface area contributed by atoms with Crippen molar-refractivity contribution < 1.29 is 17.9 Å². The zero-order chi connectivity index (χ0) is 10.9. The summed E-state index contributed by atoms with van der Waals surface area (Å²) in [6, 6.07) is 1.16. The van der Waals surface area contributed by atoms with Crippen LogP contribution in [0.2, 0.25) is 5.15 Å². The Morgan fingerprint density at radius 2 is 2.07 bits per heavy atom. The van der Waals surface area contributed by atoms with E-state index in [2.05, 4.69) is 25.7 Å². The van der Waals surface area contributed by atoms with Gasteiger partial charge in [0.05, 0.1) is 0 Å². The maximum Gasteiger partial charge on any atom is 0.573 e. The molecule has 0 spiro atoms. The second kappa shape index (κ2) is 3.94. The van der Waals surface area contributed by atoms with Gasteiger partial charge in [0.2, 0.25) is 0 Å². The minimum atomic E-state index is -4.73. The third kappa shape index (κ3) is 3.02. The highest BCUT2D eigenvalue weighted by Gasteiger charge is 2.32. The molecule has 78 valence electrons. The molecular formula is C7H4BrClF3NO. The predicted molar refractivity (Wildman–Crippen MR) is 48.4 cm³/mol. The van der Waals surface area contributed by atoms with Gasteiger partial charge in [-0.15, -0.1) is 13.2 Å². The van der Waals surface area contributed by atoms with Gasteiger partial charge in [0, 0.05) is 0 Å². The molecule has 0 bridgehead atoms. The van der Waals surface area contributed by atoms with Gasteiger partial charge in [-0.3, -0.25) is 0 Å². The Balaban J connectivity index is 3.04. The van der Waals surface area contributed by atoms with Crippen LogP contribution in [0.25, 0.3) is 0 Å². The van der Waals surface area contributed by atoms with Crippen molar-refractivity contribution in [2.24, 2.45) is 0 Å². The van der Waals surface area contributed by atoms with Gasteiger partial charge in [0.1, 0.15) is 9.76 Å². The van der Waals surface area contributed by atoms with Crippen molar-refractivity contribution in [2.45, 2.75) is 13.3 Å². The Morgan fingerprint density at radius 1 is 1.50 bits per heavy atom. The first-order chi connectivity index (χ1) is 6.29. The number of aryl methyl sites for hydroxylation is 1. The molecule has 0 aliphatic carbocycles. The van der Waals surface area contributed by atoms with Crippen LogP contribution in [0, 0.1) is 6.92 Å². The van der Waals surface area contributed by atoms with Gasteiger partial charge >= 0.3 is 6.36 Å². The predicted octanol–water partition coefficient (Wildman–Crippen LogP) is 3.70. The molecule has 14 heavy (non-hydrogen) atoms. The lowest BCUT2D eigenvalue weighted by atomic mass is 10.3.